The van der Waals surface area contributed by atoms with E-state index in [4.69, 9.17) is 17.3 Å². The molecule has 2 unspecified atom stereocenters. The summed E-state index contributed by atoms with van der Waals surface area (Å²) >= 11 is 5.86. The maximum Gasteiger partial charge on any atom is 0.229 e. The van der Waals surface area contributed by atoms with Crippen LogP contribution in [0.1, 0.15) is 12.0 Å². The number of anilines is 2. The second-order valence-electron chi connectivity index (χ2n) is 5.76. The number of alkyl halides is 1. The molecule has 1 amide bonds. The van der Waals surface area contributed by atoms with Gasteiger partial charge in [0.25, 0.3) is 0 Å². The van der Waals surface area contributed by atoms with Crippen molar-refractivity contribution in [1.82, 2.24) is 0 Å². The lowest BCUT2D eigenvalue weighted by atomic mass is 9.99. The summed E-state index contributed by atoms with van der Waals surface area (Å²) in [5, 5.41) is 12.7. The third-order valence-electron chi connectivity index (χ3n) is 3.96. The van der Waals surface area contributed by atoms with E-state index in [1.165, 1.54) is 18.2 Å². The van der Waals surface area contributed by atoms with Gasteiger partial charge in [-0.1, -0.05) is 0 Å². The van der Waals surface area contributed by atoms with Gasteiger partial charge in [-0.15, -0.1) is 11.6 Å². The first-order valence-corrected chi connectivity index (χ1v) is 7.64. The Balaban J connectivity index is 1.96. The molecule has 0 aromatic heterocycles. The van der Waals surface area contributed by atoms with Gasteiger partial charge in [0.05, 0.1) is 5.92 Å². The quantitative estimate of drug-likeness (QED) is 0.455. The Hall–Kier alpha value is -2.27. The van der Waals surface area contributed by atoms with Gasteiger partial charge in [-0.25, -0.2) is 4.39 Å². The fourth-order valence-corrected chi connectivity index (χ4v) is 2.78. The number of aryl methyl sites for hydroxylation is 1. The Labute approximate surface area is 138 Å². The van der Waals surface area contributed by atoms with E-state index in [-0.39, 0.29) is 23.0 Å². The van der Waals surface area contributed by atoms with Crippen LogP contribution < -0.4 is 11.1 Å². The summed E-state index contributed by atoms with van der Waals surface area (Å²) in [4.78, 5) is 12.0. The molecule has 3 rings (SSSR count). The lowest BCUT2D eigenvalue weighted by Crippen LogP contribution is -2.14. The summed E-state index contributed by atoms with van der Waals surface area (Å²) in [6.45, 7) is 1.69. The number of benzene rings is 2. The molecular formula is C17H16ClFN2O2. The van der Waals surface area contributed by atoms with E-state index in [1.54, 1.807) is 19.1 Å². The van der Waals surface area contributed by atoms with E-state index in [0.717, 1.165) is 0 Å². The molecule has 1 aliphatic carbocycles. The number of hydrogen-bond acceptors (Lipinski definition) is 3. The predicted octanol–water partition coefficient (Wildman–Crippen LogP) is 3.65. The largest absolute Gasteiger partial charge is 0.507 e. The number of phenols is 1. The van der Waals surface area contributed by atoms with Crippen molar-refractivity contribution in [3.05, 3.63) is 41.7 Å². The van der Waals surface area contributed by atoms with Gasteiger partial charge < -0.3 is 16.2 Å². The summed E-state index contributed by atoms with van der Waals surface area (Å²) in [7, 11) is 0. The number of carbonyl (C=O) groups excluding carboxylic acids is 1. The monoisotopic (exact) mass is 334 g/mol. The Morgan fingerprint density at radius 3 is 2.70 bits per heavy atom. The van der Waals surface area contributed by atoms with Crippen molar-refractivity contribution in [2.45, 2.75) is 18.7 Å². The number of halogens is 2. The minimum atomic E-state index is -0.441. The molecule has 0 radical (unpaired) electrons. The van der Waals surface area contributed by atoms with Gasteiger partial charge in [0, 0.05) is 27.9 Å². The standard InChI is InChI=1S/C17H16ClFN2O2/c1-8-4-9(19)5-12(16(8)20)11-6-10(2-3-15(11)22)21-17(23)13-7-14(13)18/h2-6,13-14,22H,7,20H2,1H3,(H,21,23). The summed E-state index contributed by atoms with van der Waals surface area (Å²) in [6, 6.07) is 7.18. The zero-order chi connectivity index (χ0) is 16.7. The molecule has 2 aromatic rings. The average molecular weight is 335 g/mol. The summed E-state index contributed by atoms with van der Waals surface area (Å²) < 4.78 is 13.7. The van der Waals surface area contributed by atoms with E-state index >= 15 is 0 Å². The number of phenolic OH excluding ortho intramolecular Hbond substituents is 1. The number of carbonyl (C=O) groups is 1. The van der Waals surface area contributed by atoms with E-state index in [0.29, 0.717) is 34.5 Å². The van der Waals surface area contributed by atoms with Crippen LogP contribution in [0.4, 0.5) is 15.8 Å². The first-order valence-electron chi connectivity index (χ1n) is 7.20. The molecule has 1 saturated carbocycles. The minimum Gasteiger partial charge on any atom is -0.507 e. The fraction of sp³-hybridized carbons (Fsp3) is 0.235. The van der Waals surface area contributed by atoms with E-state index in [9.17, 15) is 14.3 Å². The number of aromatic hydroxyl groups is 1. The highest BCUT2D eigenvalue weighted by Crippen LogP contribution is 2.39. The maximum absolute atomic E-state index is 13.7. The van der Waals surface area contributed by atoms with E-state index in [2.05, 4.69) is 5.32 Å². The number of nitrogen functional groups attached to an aromatic ring is 1. The first kappa shape index (κ1) is 15.6. The lowest BCUT2D eigenvalue weighted by Gasteiger charge is -2.13. The number of nitrogens with two attached hydrogens (primary N) is 1. The highest BCUT2D eigenvalue weighted by atomic mass is 35.5. The van der Waals surface area contributed by atoms with Crippen LogP contribution in [0.5, 0.6) is 5.75 Å². The van der Waals surface area contributed by atoms with Crippen LogP contribution in [-0.4, -0.2) is 16.4 Å². The van der Waals surface area contributed by atoms with Crippen LogP contribution in [0.2, 0.25) is 0 Å². The predicted molar refractivity (Wildman–Crippen MR) is 89.0 cm³/mol. The zero-order valence-electron chi connectivity index (χ0n) is 12.4. The molecule has 4 N–H and O–H groups in total. The minimum absolute atomic E-state index is 0.0404. The molecular weight excluding hydrogens is 319 g/mol. The van der Waals surface area contributed by atoms with Crippen LogP contribution in [-0.2, 0) is 4.79 Å². The third kappa shape index (κ3) is 3.10. The van der Waals surface area contributed by atoms with Gasteiger partial charge in [-0.2, -0.15) is 0 Å². The van der Waals surface area contributed by atoms with Gasteiger partial charge in [-0.05, 0) is 49.2 Å². The molecule has 120 valence electrons. The molecule has 4 nitrogen and oxygen atoms in total. The maximum atomic E-state index is 13.7. The van der Waals surface area contributed by atoms with Crippen molar-refractivity contribution >= 4 is 28.9 Å². The van der Waals surface area contributed by atoms with Gasteiger partial charge in [0.2, 0.25) is 5.91 Å². The smallest absolute Gasteiger partial charge is 0.229 e. The van der Waals surface area contributed by atoms with Crippen molar-refractivity contribution in [3.63, 3.8) is 0 Å². The Morgan fingerprint density at radius 2 is 2.04 bits per heavy atom. The molecule has 0 saturated heterocycles. The Kier molecular flexibility index (Phi) is 3.90. The molecule has 6 heteroatoms. The fourth-order valence-electron chi connectivity index (χ4n) is 2.48. The Morgan fingerprint density at radius 1 is 1.35 bits per heavy atom. The van der Waals surface area contributed by atoms with Crippen molar-refractivity contribution in [2.24, 2.45) is 5.92 Å². The molecule has 0 aliphatic heterocycles. The molecule has 2 aromatic carbocycles. The van der Waals surface area contributed by atoms with Crippen LogP contribution in [0, 0.1) is 18.7 Å². The van der Waals surface area contributed by atoms with Crippen LogP contribution in [0.3, 0.4) is 0 Å². The van der Waals surface area contributed by atoms with Crippen molar-refractivity contribution in [1.29, 1.82) is 0 Å². The summed E-state index contributed by atoms with van der Waals surface area (Å²) in [5.74, 6) is -0.828. The molecule has 0 heterocycles. The first-order chi connectivity index (χ1) is 10.9. The SMILES string of the molecule is Cc1cc(F)cc(-c2cc(NC(=O)C3CC3Cl)ccc2O)c1N. The number of hydrogen-bond donors (Lipinski definition) is 3. The van der Waals surface area contributed by atoms with Crippen molar-refractivity contribution in [3.8, 4) is 16.9 Å². The zero-order valence-corrected chi connectivity index (χ0v) is 13.2. The molecule has 0 bridgehead atoms. The van der Waals surface area contributed by atoms with Gasteiger partial charge >= 0.3 is 0 Å². The topological polar surface area (TPSA) is 75.3 Å². The van der Waals surface area contributed by atoms with E-state index in [1.807, 2.05) is 0 Å². The second-order valence-corrected chi connectivity index (χ2v) is 6.32. The molecule has 2 atom stereocenters. The normalized spacial score (nSPS) is 19.4. The van der Waals surface area contributed by atoms with Gasteiger partial charge in [0.1, 0.15) is 11.6 Å². The molecule has 1 fully saturated rings. The van der Waals surface area contributed by atoms with Crippen LogP contribution >= 0.6 is 11.6 Å². The lowest BCUT2D eigenvalue weighted by molar-refractivity contribution is -0.117. The van der Waals surface area contributed by atoms with Crippen LogP contribution in [0.25, 0.3) is 11.1 Å². The summed E-state index contributed by atoms with van der Waals surface area (Å²) in [6.07, 6.45) is 0.661. The average Bonchev–Trinajstić information content (AvgIpc) is 3.22. The second kappa shape index (κ2) is 5.74. The van der Waals surface area contributed by atoms with Gasteiger partial charge in [-0.3, -0.25) is 4.79 Å². The number of nitrogens with one attached hydrogen (secondary N) is 1. The molecule has 1 aliphatic rings. The number of amides is 1. The third-order valence-corrected chi connectivity index (χ3v) is 4.44. The van der Waals surface area contributed by atoms with Crippen LogP contribution in [0.15, 0.2) is 30.3 Å². The van der Waals surface area contributed by atoms with E-state index < -0.39 is 5.82 Å². The van der Waals surface area contributed by atoms with Crippen molar-refractivity contribution in [2.75, 3.05) is 11.1 Å². The number of rotatable bonds is 3. The Bertz CT molecular complexity index is 794. The highest BCUT2D eigenvalue weighted by molar-refractivity contribution is 6.25. The molecule has 23 heavy (non-hydrogen) atoms. The summed E-state index contributed by atoms with van der Waals surface area (Å²) in [5.41, 5.74) is 8.21. The molecule has 0 spiro atoms. The van der Waals surface area contributed by atoms with Crippen molar-refractivity contribution < 1.29 is 14.3 Å². The van der Waals surface area contributed by atoms with Gasteiger partial charge in [0.15, 0.2) is 0 Å². The highest BCUT2D eigenvalue weighted by Gasteiger charge is 2.41.